The summed E-state index contributed by atoms with van der Waals surface area (Å²) in [6.45, 7) is 14.3. The minimum absolute atomic E-state index is 0. The summed E-state index contributed by atoms with van der Waals surface area (Å²) in [5.74, 6) is 0.515. The zero-order valence-corrected chi connectivity index (χ0v) is 31.5. The Balaban J connectivity index is 0.00000202. The van der Waals surface area contributed by atoms with Gasteiger partial charge in [0.2, 0.25) is 0 Å². The van der Waals surface area contributed by atoms with Gasteiger partial charge in [-0.3, -0.25) is 0 Å². The van der Waals surface area contributed by atoms with Crippen LogP contribution in [0.25, 0.3) is 34.4 Å². The SMILES string of the molecule is CC1=Cc2c(-c3ccccc3)ccc(C)c2[CH]1[Zr]([CH3])([CH3])(=[SiH2])[CH]1C(C(C)C)=Cc2c(-c3ccccc3C)cccc21.Cl.Cl. The molecule has 0 nitrogen and oxygen atoms in total. The molecule has 2 unspecified atom stereocenters. The monoisotopic (exact) mass is 688 g/mol. The van der Waals surface area contributed by atoms with E-state index in [-0.39, 0.29) is 24.8 Å². The summed E-state index contributed by atoms with van der Waals surface area (Å²) in [5, 5.41) is 0. The second-order valence-electron chi connectivity index (χ2n) is 13.7. The first-order valence-corrected chi connectivity index (χ1v) is 28.5. The average molecular weight is 691 g/mol. The van der Waals surface area contributed by atoms with Gasteiger partial charge >= 0.3 is 245 Å². The van der Waals surface area contributed by atoms with E-state index in [1.165, 1.54) is 44.5 Å². The topological polar surface area (TPSA) is 0 Å². The van der Waals surface area contributed by atoms with Gasteiger partial charge in [-0.15, -0.1) is 24.8 Å². The molecule has 0 aromatic heterocycles. The molecular weight excluding hydrogens is 647 g/mol. The van der Waals surface area contributed by atoms with Crippen molar-refractivity contribution in [3.63, 3.8) is 0 Å². The normalized spacial score (nSPS) is 17.5. The molecular formula is C38H44Cl2SiZr. The fraction of sp³-hybridized carbons (Fsp3) is 0.263. The maximum atomic E-state index is 2.77. The van der Waals surface area contributed by atoms with Crippen molar-refractivity contribution >= 4 is 43.8 Å². The molecule has 0 aliphatic heterocycles. The Morgan fingerprint density at radius 2 is 1.26 bits per heavy atom. The smallest absolute Gasteiger partial charge is 0.147 e. The van der Waals surface area contributed by atoms with Gasteiger partial charge in [0.1, 0.15) is 0 Å². The first kappa shape index (κ1) is 32.9. The number of hydrogen-bond acceptors (Lipinski definition) is 0. The predicted octanol–water partition coefficient (Wildman–Crippen LogP) is 11.1. The molecule has 0 N–H and O–H groups in total. The standard InChI is InChI=1S/C19H19.C17H15.2CH3.2ClH.H2Si.Zr/c1-13(2)16-11-15-8-6-10-18(19(15)12-16)17-9-5-4-7-14(17)3;1-12-10-16-13(2)8-9-15(17(16)11-12)14-6-4-3-5-7-14;;;;;;/h4-13H,1-3H3;3-11H,1-2H3;2*1H3;2*1H;1H2;. The second kappa shape index (κ2) is 11.9. The summed E-state index contributed by atoms with van der Waals surface area (Å²) in [7, 11) is 0. The molecule has 218 valence electrons. The Kier molecular flexibility index (Phi) is 9.30. The molecule has 42 heavy (non-hydrogen) atoms. The van der Waals surface area contributed by atoms with E-state index in [4.69, 9.17) is 0 Å². The molecule has 4 heteroatoms. The van der Waals surface area contributed by atoms with Gasteiger partial charge in [-0.25, -0.2) is 0 Å². The van der Waals surface area contributed by atoms with Gasteiger partial charge in [0, 0.05) is 0 Å². The minimum atomic E-state index is -3.64. The Morgan fingerprint density at radius 1 is 0.619 bits per heavy atom. The fourth-order valence-corrected chi connectivity index (χ4v) is 28.8. The van der Waals surface area contributed by atoms with Gasteiger partial charge in [-0.1, -0.05) is 0 Å². The second-order valence-corrected chi connectivity index (χ2v) is 44.2. The summed E-state index contributed by atoms with van der Waals surface area (Å²) < 4.78 is 6.58. The average Bonchev–Trinajstić information content (AvgIpc) is 3.50. The number of halogens is 2. The Labute approximate surface area is 268 Å². The van der Waals surface area contributed by atoms with Gasteiger partial charge in [-0.05, 0) is 0 Å². The molecule has 4 aromatic carbocycles. The van der Waals surface area contributed by atoms with E-state index in [1.54, 1.807) is 22.3 Å². The molecule has 2 aliphatic carbocycles. The molecule has 2 atom stereocenters. The number of hydrogen-bond donors (Lipinski definition) is 0. The van der Waals surface area contributed by atoms with Crippen molar-refractivity contribution in [1.82, 2.24) is 0 Å². The van der Waals surface area contributed by atoms with E-state index >= 15 is 0 Å². The van der Waals surface area contributed by atoms with Crippen LogP contribution >= 0.6 is 24.8 Å². The molecule has 0 amide bonds. The molecule has 0 spiro atoms. The van der Waals surface area contributed by atoms with E-state index in [0.717, 1.165) is 0 Å². The zero-order chi connectivity index (χ0) is 28.4. The summed E-state index contributed by atoms with van der Waals surface area (Å²) in [6, 6.07) is 31.7. The summed E-state index contributed by atoms with van der Waals surface area (Å²) in [6.07, 6.45) is 5.14. The van der Waals surface area contributed by atoms with Crippen molar-refractivity contribution in [2.75, 3.05) is 0 Å². The zero-order valence-electron chi connectivity index (χ0n) is 26.0. The van der Waals surface area contributed by atoms with Crippen LogP contribution in [0.5, 0.6) is 0 Å². The Bertz CT molecular complexity index is 1790. The predicted molar refractivity (Wildman–Crippen MR) is 190 cm³/mol. The molecule has 6 rings (SSSR count). The van der Waals surface area contributed by atoms with Crippen LogP contribution in [-0.2, 0) is 17.4 Å². The third-order valence-corrected chi connectivity index (χ3v) is 27.4. The molecule has 0 fully saturated rings. The van der Waals surface area contributed by atoms with E-state index in [1.807, 2.05) is 0 Å². The summed E-state index contributed by atoms with van der Waals surface area (Å²) in [5.41, 5.74) is 17.6. The van der Waals surface area contributed by atoms with Crippen LogP contribution < -0.4 is 0 Å². The van der Waals surface area contributed by atoms with Crippen LogP contribution in [0, 0.1) is 19.8 Å². The number of aryl methyl sites for hydroxylation is 2. The van der Waals surface area contributed by atoms with E-state index in [2.05, 4.69) is 148 Å². The third-order valence-electron chi connectivity index (χ3n) is 9.80. The number of fused-ring (bicyclic) bond motifs is 2. The molecule has 4 aromatic rings. The van der Waals surface area contributed by atoms with Crippen LogP contribution in [0.4, 0.5) is 0 Å². The van der Waals surface area contributed by atoms with Crippen LogP contribution in [0.15, 0.2) is 96.1 Å². The first-order valence-electron chi connectivity index (χ1n) is 14.8. The molecule has 0 heterocycles. The molecule has 0 bridgehead atoms. The van der Waals surface area contributed by atoms with Crippen LogP contribution in [0.2, 0.25) is 9.26 Å². The summed E-state index contributed by atoms with van der Waals surface area (Å²) >= 11 is -3.64. The van der Waals surface area contributed by atoms with Crippen molar-refractivity contribution in [1.29, 1.82) is 0 Å². The van der Waals surface area contributed by atoms with Gasteiger partial charge in [0.05, 0.1) is 0 Å². The largest absolute Gasteiger partial charge is 0.147 e. The number of rotatable bonds is 5. The molecule has 2 aliphatic rings. The van der Waals surface area contributed by atoms with E-state index in [9.17, 15) is 0 Å². The van der Waals surface area contributed by atoms with Crippen molar-refractivity contribution in [2.45, 2.75) is 51.1 Å². The molecule has 0 radical (unpaired) electrons. The quantitative estimate of drug-likeness (QED) is 0.183. The van der Waals surface area contributed by atoms with Gasteiger partial charge in [0.25, 0.3) is 0 Å². The van der Waals surface area contributed by atoms with Crippen LogP contribution in [0.1, 0.15) is 61.4 Å². The van der Waals surface area contributed by atoms with Crippen LogP contribution in [-0.4, -0.2) is 6.88 Å². The Hall–Kier alpha value is -1.96. The maximum absolute atomic E-state index is 3.64. The fourth-order valence-electron chi connectivity index (χ4n) is 8.17. The van der Waals surface area contributed by atoms with Crippen molar-refractivity contribution < 1.29 is 17.4 Å². The van der Waals surface area contributed by atoms with E-state index < -0.39 is 17.4 Å². The van der Waals surface area contributed by atoms with Gasteiger partial charge in [0.15, 0.2) is 0 Å². The molecule has 0 saturated carbocycles. The van der Waals surface area contributed by atoms with E-state index in [0.29, 0.717) is 13.2 Å². The van der Waals surface area contributed by atoms with Gasteiger partial charge < -0.3 is 0 Å². The summed E-state index contributed by atoms with van der Waals surface area (Å²) in [4.78, 5) is 0. The van der Waals surface area contributed by atoms with Crippen molar-refractivity contribution in [2.24, 2.45) is 5.92 Å². The minimum Gasteiger partial charge on any atom is -0.147 e. The number of benzene rings is 4. The van der Waals surface area contributed by atoms with Crippen LogP contribution in [0.3, 0.4) is 0 Å². The Morgan fingerprint density at radius 3 is 1.93 bits per heavy atom. The third kappa shape index (κ3) is 5.21. The van der Waals surface area contributed by atoms with Gasteiger partial charge in [-0.2, -0.15) is 0 Å². The van der Waals surface area contributed by atoms with Crippen molar-refractivity contribution in [3.05, 3.63) is 129 Å². The molecule has 0 saturated heterocycles. The first-order chi connectivity index (χ1) is 19.0. The van der Waals surface area contributed by atoms with Crippen molar-refractivity contribution in [3.8, 4) is 22.3 Å². The number of allylic oxidation sites excluding steroid dienone is 2. The maximum Gasteiger partial charge on any atom is -0.147 e.